The van der Waals surface area contributed by atoms with Crippen LogP contribution < -0.4 is 5.43 Å². The highest BCUT2D eigenvalue weighted by atomic mass is 19.1. The minimum absolute atomic E-state index is 0.0213. The van der Waals surface area contributed by atoms with E-state index in [4.69, 9.17) is 4.42 Å². The molecule has 0 fully saturated rings. The van der Waals surface area contributed by atoms with E-state index in [-0.39, 0.29) is 22.7 Å². The highest BCUT2D eigenvalue weighted by molar-refractivity contribution is 5.99. The van der Waals surface area contributed by atoms with E-state index in [1.54, 1.807) is 30.3 Å². The van der Waals surface area contributed by atoms with Gasteiger partial charge in [0.2, 0.25) is 5.76 Å². The van der Waals surface area contributed by atoms with Crippen molar-refractivity contribution in [3.8, 4) is 0 Å². The van der Waals surface area contributed by atoms with Crippen molar-refractivity contribution in [2.75, 3.05) is 6.54 Å². The van der Waals surface area contributed by atoms with E-state index >= 15 is 0 Å². The number of nitrogens with zero attached hydrogens (tertiary/aromatic N) is 1. The summed E-state index contributed by atoms with van der Waals surface area (Å²) in [4.78, 5) is 27.6. The number of carbonyl (C=O) groups is 1. The zero-order chi connectivity index (χ0) is 18.4. The van der Waals surface area contributed by atoms with E-state index in [9.17, 15) is 14.0 Å². The molecule has 2 heterocycles. The second-order valence-corrected chi connectivity index (χ2v) is 6.60. The predicted octanol–water partition coefficient (Wildman–Crippen LogP) is 4.20. The zero-order valence-corrected chi connectivity index (χ0v) is 14.6. The summed E-state index contributed by atoms with van der Waals surface area (Å²) in [5, 5.41) is 0.413. The molecular formula is C21H18FNO3. The monoisotopic (exact) mass is 351 g/mol. The number of amides is 1. The van der Waals surface area contributed by atoms with Gasteiger partial charge in [-0.15, -0.1) is 0 Å². The van der Waals surface area contributed by atoms with Gasteiger partial charge in [-0.25, -0.2) is 4.39 Å². The third-order valence-corrected chi connectivity index (χ3v) is 4.79. The number of rotatable bonds is 3. The van der Waals surface area contributed by atoms with Crippen LogP contribution in [0.5, 0.6) is 0 Å². The molecule has 1 aliphatic rings. The Balaban J connectivity index is 2.05. The van der Waals surface area contributed by atoms with Gasteiger partial charge < -0.3 is 9.32 Å². The van der Waals surface area contributed by atoms with E-state index < -0.39 is 11.9 Å². The molecule has 5 heteroatoms. The average molecular weight is 351 g/mol. The van der Waals surface area contributed by atoms with E-state index in [1.807, 2.05) is 19.9 Å². The molecular weight excluding hydrogens is 333 g/mol. The summed E-state index contributed by atoms with van der Waals surface area (Å²) in [6.07, 6.45) is 0.692. The molecule has 2 aromatic carbocycles. The first kappa shape index (κ1) is 16.5. The van der Waals surface area contributed by atoms with Crippen molar-refractivity contribution in [3.05, 3.63) is 81.0 Å². The van der Waals surface area contributed by atoms with Gasteiger partial charge in [-0.1, -0.05) is 36.8 Å². The van der Waals surface area contributed by atoms with Crippen molar-refractivity contribution in [1.29, 1.82) is 0 Å². The van der Waals surface area contributed by atoms with Crippen LogP contribution in [0.15, 0.2) is 51.7 Å². The van der Waals surface area contributed by atoms with Crippen LogP contribution in [-0.2, 0) is 0 Å². The lowest BCUT2D eigenvalue weighted by Gasteiger charge is -2.24. The molecule has 0 aliphatic carbocycles. The van der Waals surface area contributed by atoms with Gasteiger partial charge in [-0.05, 0) is 31.5 Å². The summed E-state index contributed by atoms with van der Waals surface area (Å²) < 4.78 is 20.3. The fourth-order valence-electron chi connectivity index (χ4n) is 3.63. The Morgan fingerprint density at radius 2 is 1.92 bits per heavy atom. The van der Waals surface area contributed by atoms with Crippen molar-refractivity contribution < 1.29 is 13.6 Å². The lowest BCUT2D eigenvalue weighted by atomic mass is 9.97. The fourth-order valence-corrected chi connectivity index (χ4v) is 3.63. The molecule has 0 saturated heterocycles. The standard InChI is InChI=1S/C21H18FNO3/c1-3-10-23-18(13-6-4-5-7-15(13)22)17-19(24)14-11-12(2)8-9-16(14)26-20(17)21(23)25/h4-9,11,18H,3,10H2,1-2H3/t18-/m1/s1. The molecule has 0 radical (unpaired) electrons. The SMILES string of the molecule is CCCN1C(=O)c2oc3ccc(C)cc3c(=O)c2[C@H]1c1ccccc1F. The molecule has 1 aliphatic heterocycles. The molecule has 0 unspecified atom stereocenters. The number of fused-ring (bicyclic) bond motifs is 2. The first-order chi connectivity index (χ1) is 12.5. The minimum Gasteiger partial charge on any atom is -0.450 e. The van der Waals surface area contributed by atoms with Gasteiger partial charge in [0, 0.05) is 12.1 Å². The van der Waals surface area contributed by atoms with Crippen molar-refractivity contribution in [2.24, 2.45) is 0 Å². The lowest BCUT2D eigenvalue weighted by Crippen LogP contribution is -2.30. The van der Waals surface area contributed by atoms with Crippen LogP contribution in [0, 0.1) is 12.7 Å². The zero-order valence-electron chi connectivity index (χ0n) is 14.6. The maximum Gasteiger partial charge on any atom is 0.290 e. The number of benzene rings is 2. The summed E-state index contributed by atoms with van der Waals surface area (Å²) in [6.45, 7) is 4.23. The summed E-state index contributed by atoms with van der Waals surface area (Å²) >= 11 is 0. The third kappa shape index (κ3) is 2.35. The largest absolute Gasteiger partial charge is 0.450 e. The Kier molecular flexibility index (Phi) is 3.87. The van der Waals surface area contributed by atoms with Crippen molar-refractivity contribution >= 4 is 16.9 Å². The van der Waals surface area contributed by atoms with Crippen molar-refractivity contribution in [1.82, 2.24) is 4.90 Å². The number of hydrogen-bond donors (Lipinski definition) is 0. The summed E-state index contributed by atoms with van der Waals surface area (Å²) in [6, 6.07) is 10.8. The first-order valence-corrected chi connectivity index (χ1v) is 8.65. The highest BCUT2D eigenvalue weighted by Crippen LogP contribution is 2.39. The molecule has 0 N–H and O–H groups in total. The first-order valence-electron chi connectivity index (χ1n) is 8.65. The molecule has 0 bridgehead atoms. The molecule has 4 nitrogen and oxygen atoms in total. The lowest BCUT2D eigenvalue weighted by molar-refractivity contribution is 0.0726. The molecule has 1 amide bonds. The smallest absolute Gasteiger partial charge is 0.290 e. The van der Waals surface area contributed by atoms with Crippen LogP contribution in [0.1, 0.15) is 46.6 Å². The van der Waals surface area contributed by atoms with Crippen LogP contribution in [-0.4, -0.2) is 17.4 Å². The maximum absolute atomic E-state index is 14.5. The Bertz CT molecular complexity index is 1090. The van der Waals surface area contributed by atoms with Crippen LogP contribution in [0.4, 0.5) is 4.39 Å². The van der Waals surface area contributed by atoms with E-state index in [0.29, 0.717) is 29.5 Å². The average Bonchev–Trinajstić information content (AvgIpc) is 2.89. The third-order valence-electron chi connectivity index (χ3n) is 4.79. The summed E-state index contributed by atoms with van der Waals surface area (Å²) in [7, 11) is 0. The second-order valence-electron chi connectivity index (χ2n) is 6.60. The molecule has 1 aromatic heterocycles. The van der Waals surface area contributed by atoms with Gasteiger partial charge in [-0.2, -0.15) is 0 Å². The highest BCUT2D eigenvalue weighted by Gasteiger charge is 2.43. The molecule has 1 atom stereocenters. The maximum atomic E-state index is 14.5. The van der Waals surface area contributed by atoms with Crippen LogP contribution >= 0.6 is 0 Å². The Morgan fingerprint density at radius 3 is 2.65 bits per heavy atom. The predicted molar refractivity (Wildman–Crippen MR) is 96.8 cm³/mol. The Labute approximate surface area is 149 Å². The van der Waals surface area contributed by atoms with Gasteiger partial charge in [0.1, 0.15) is 11.4 Å². The van der Waals surface area contributed by atoms with Crippen LogP contribution in [0.3, 0.4) is 0 Å². The number of hydrogen-bond acceptors (Lipinski definition) is 3. The normalized spacial score (nSPS) is 16.3. The summed E-state index contributed by atoms with van der Waals surface area (Å²) in [5.74, 6) is -0.786. The molecule has 3 aromatic rings. The van der Waals surface area contributed by atoms with Gasteiger partial charge in [-0.3, -0.25) is 9.59 Å². The van der Waals surface area contributed by atoms with Gasteiger partial charge >= 0.3 is 0 Å². The molecule has 0 saturated carbocycles. The number of carbonyl (C=O) groups excluding carboxylic acids is 1. The van der Waals surface area contributed by atoms with E-state index in [2.05, 4.69) is 0 Å². The molecule has 0 spiro atoms. The van der Waals surface area contributed by atoms with Crippen LogP contribution in [0.2, 0.25) is 0 Å². The Hall–Kier alpha value is -2.95. The van der Waals surface area contributed by atoms with E-state index in [1.165, 1.54) is 11.0 Å². The van der Waals surface area contributed by atoms with E-state index in [0.717, 1.165) is 5.56 Å². The van der Waals surface area contributed by atoms with Crippen molar-refractivity contribution in [3.63, 3.8) is 0 Å². The number of aryl methyl sites for hydroxylation is 1. The topological polar surface area (TPSA) is 50.5 Å². The van der Waals surface area contributed by atoms with Crippen LogP contribution in [0.25, 0.3) is 11.0 Å². The molecule has 132 valence electrons. The van der Waals surface area contributed by atoms with Gasteiger partial charge in [0.15, 0.2) is 5.43 Å². The quantitative estimate of drug-likeness (QED) is 0.711. The second kappa shape index (κ2) is 6.09. The molecule has 26 heavy (non-hydrogen) atoms. The number of halogens is 1. The minimum atomic E-state index is -0.764. The van der Waals surface area contributed by atoms with Gasteiger partial charge in [0.25, 0.3) is 5.91 Å². The molecule has 4 rings (SSSR count). The fraction of sp³-hybridized carbons (Fsp3) is 0.238. The van der Waals surface area contributed by atoms with Crippen molar-refractivity contribution in [2.45, 2.75) is 26.3 Å². The van der Waals surface area contributed by atoms with Gasteiger partial charge in [0.05, 0.1) is 17.0 Å². The summed E-state index contributed by atoms with van der Waals surface area (Å²) in [5.41, 5.74) is 1.56. The Morgan fingerprint density at radius 1 is 1.15 bits per heavy atom.